The molecule has 0 aromatic carbocycles. The van der Waals surface area contributed by atoms with Gasteiger partial charge in [0.25, 0.3) is 0 Å². The number of allylic oxidation sites excluding steroid dienone is 2. The van der Waals surface area contributed by atoms with Gasteiger partial charge >= 0.3 is 6.09 Å². The Labute approximate surface area is 53.0 Å². The molecule has 0 aliphatic carbocycles. The predicted octanol–water partition coefficient (Wildman–Crippen LogP) is 0.644. The lowest BCUT2D eigenvalue weighted by Crippen LogP contribution is -2.08. The van der Waals surface area contributed by atoms with E-state index in [0.717, 1.165) is 0 Å². The van der Waals surface area contributed by atoms with Crippen LogP contribution in [-0.4, -0.2) is 12.3 Å². The van der Waals surface area contributed by atoms with Crippen LogP contribution >= 0.6 is 0 Å². The van der Waals surface area contributed by atoms with Crippen molar-refractivity contribution in [2.45, 2.75) is 6.92 Å². The lowest BCUT2D eigenvalue weighted by atomic mass is 10.6. The van der Waals surface area contributed by atoms with Gasteiger partial charge in [0.15, 0.2) is 0 Å². The van der Waals surface area contributed by atoms with E-state index in [1.807, 2.05) is 6.92 Å². The molecule has 0 fully saturated rings. The fourth-order valence-corrected chi connectivity index (χ4v) is 0.204. The normalized spacial score (nSPS) is 10.8. The van der Waals surface area contributed by atoms with Crippen LogP contribution in [0.4, 0.5) is 4.79 Å². The molecule has 1 amide bonds. The lowest BCUT2D eigenvalue weighted by molar-refractivity contribution is 0.162. The van der Waals surface area contributed by atoms with Crippen LogP contribution in [0.25, 0.3) is 0 Å². The van der Waals surface area contributed by atoms with Crippen molar-refractivity contribution in [2.24, 2.45) is 10.9 Å². The molecule has 0 aliphatic rings. The standard InChI is InChI=1S/C5H8N2O2/c1-2-3-4-7-9-5(6)8/h2-4H,1H3,(H2,6,8). The second-order valence-electron chi connectivity index (χ2n) is 1.19. The average molecular weight is 128 g/mol. The summed E-state index contributed by atoms with van der Waals surface area (Å²) in [5.74, 6) is 0. The molecule has 0 aromatic rings. The molecule has 0 unspecified atom stereocenters. The first-order valence-electron chi connectivity index (χ1n) is 2.38. The first-order valence-corrected chi connectivity index (χ1v) is 2.38. The van der Waals surface area contributed by atoms with E-state index in [2.05, 4.69) is 15.7 Å². The molecular formula is C5H8N2O2. The Hall–Kier alpha value is -1.32. The summed E-state index contributed by atoms with van der Waals surface area (Å²) in [6.45, 7) is 1.82. The van der Waals surface area contributed by atoms with Gasteiger partial charge in [-0.05, 0) is 13.0 Å². The number of hydrogen-bond donors (Lipinski definition) is 1. The highest BCUT2D eigenvalue weighted by Gasteiger charge is 1.83. The fourth-order valence-electron chi connectivity index (χ4n) is 0.204. The molecule has 2 N–H and O–H groups in total. The van der Waals surface area contributed by atoms with Gasteiger partial charge < -0.3 is 5.73 Å². The van der Waals surface area contributed by atoms with Crippen LogP contribution in [0.3, 0.4) is 0 Å². The van der Waals surface area contributed by atoms with E-state index in [1.54, 1.807) is 12.2 Å². The summed E-state index contributed by atoms with van der Waals surface area (Å²) >= 11 is 0. The van der Waals surface area contributed by atoms with Gasteiger partial charge in [0, 0.05) is 0 Å². The van der Waals surface area contributed by atoms with Crippen molar-refractivity contribution >= 4 is 12.3 Å². The molecule has 0 saturated carbocycles. The molecule has 9 heavy (non-hydrogen) atoms. The van der Waals surface area contributed by atoms with Crippen LogP contribution in [0.15, 0.2) is 17.3 Å². The molecule has 4 heteroatoms. The molecule has 0 rings (SSSR count). The molecular weight excluding hydrogens is 120 g/mol. The molecule has 0 bridgehead atoms. The number of nitrogens with zero attached hydrogens (tertiary/aromatic N) is 1. The van der Waals surface area contributed by atoms with Crippen molar-refractivity contribution in [3.63, 3.8) is 0 Å². The highest BCUT2D eigenvalue weighted by molar-refractivity contribution is 5.72. The maximum atomic E-state index is 9.82. The molecule has 0 atom stereocenters. The predicted molar refractivity (Wildman–Crippen MR) is 34.0 cm³/mol. The quantitative estimate of drug-likeness (QED) is 0.337. The zero-order valence-electron chi connectivity index (χ0n) is 5.07. The van der Waals surface area contributed by atoms with Gasteiger partial charge in [-0.3, -0.25) is 4.84 Å². The van der Waals surface area contributed by atoms with Crippen molar-refractivity contribution < 1.29 is 9.63 Å². The van der Waals surface area contributed by atoms with E-state index < -0.39 is 6.09 Å². The number of amides is 1. The summed E-state index contributed by atoms with van der Waals surface area (Å²) in [6, 6.07) is 0. The minimum absolute atomic E-state index is 0.907. The van der Waals surface area contributed by atoms with E-state index in [-0.39, 0.29) is 0 Å². The maximum absolute atomic E-state index is 9.82. The van der Waals surface area contributed by atoms with Gasteiger partial charge in [-0.2, -0.15) is 0 Å². The van der Waals surface area contributed by atoms with Gasteiger partial charge in [0.2, 0.25) is 0 Å². The van der Waals surface area contributed by atoms with Crippen molar-refractivity contribution in [2.75, 3.05) is 0 Å². The second kappa shape index (κ2) is 4.83. The number of rotatable bonds is 2. The van der Waals surface area contributed by atoms with Gasteiger partial charge in [-0.1, -0.05) is 11.2 Å². The largest absolute Gasteiger partial charge is 0.430 e. The summed E-state index contributed by atoms with van der Waals surface area (Å²) in [6.07, 6.45) is 3.78. The van der Waals surface area contributed by atoms with E-state index >= 15 is 0 Å². The third-order valence-corrected chi connectivity index (χ3v) is 0.482. The second-order valence-corrected chi connectivity index (χ2v) is 1.19. The van der Waals surface area contributed by atoms with Crippen LogP contribution in [0.1, 0.15) is 6.92 Å². The van der Waals surface area contributed by atoms with Crippen LogP contribution in [-0.2, 0) is 4.84 Å². The van der Waals surface area contributed by atoms with Gasteiger partial charge in [0.05, 0.1) is 6.21 Å². The molecule has 0 spiro atoms. The number of primary amides is 1. The first-order chi connectivity index (χ1) is 4.27. The number of hydrogen-bond acceptors (Lipinski definition) is 3. The highest BCUT2D eigenvalue weighted by Crippen LogP contribution is 1.72. The number of nitrogens with two attached hydrogens (primary N) is 1. The summed E-state index contributed by atoms with van der Waals surface area (Å²) < 4.78 is 0. The molecule has 0 heterocycles. The van der Waals surface area contributed by atoms with Crippen LogP contribution in [0.2, 0.25) is 0 Å². The number of carbonyl (C=O) groups is 1. The molecule has 0 aromatic heterocycles. The Morgan fingerprint density at radius 1 is 1.78 bits per heavy atom. The Morgan fingerprint density at radius 3 is 2.89 bits per heavy atom. The molecule has 0 radical (unpaired) electrons. The van der Waals surface area contributed by atoms with Gasteiger partial charge in [0.1, 0.15) is 0 Å². The molecule has 0 aliphatic heterocycles. The fraction of sp³-hybridized carbons (Fsp3) is 0.200. The number of oxime groups is 1. The monoisotopic (exact) mass is 128 g/mol. The Morgan fingerprint density at radius 2 is 2.44 bits per heavy atom. The van der Waals surface area contributed by atoms with E-state index in [0.29, 0.717) is 0 Å². The summed E-state index contributed by atoms with van der Waals surface area (Å²) in [7, 11) is 0. The van der Waals surface area contributed by atoms with Crippen molar-refractivity contribution in [1.29, 1.82) is 0 Å². The number of carbonyl (C=O) groups excluding carboxylic acids is 1. The summed E-state index contributed by atoms with van der Waals surface area (Å²) in [4.78, 5) is 13.8. The van der Waals surface area contributed by atoms with Gasteiger partial charge in [-0.25, -0.2) is 4.79 Å². The van der Waals surface area contributed by atoms with Crippen LogP contribution in [0, 0.1) is 0 Å². The lowest BCUT2D eigenvalue weighted by Gasteiger charge is -1.83. The minimum Gasteiger partial charge on any atom is -0.333 e. The Kier molecular flexibility index (Phi) is 4.12. The molecule has 50 valence electrons. The maximum Gasteiger partial charge on any atom is 0.430 e. The Balaban J connectivity index is 3.36. The van der Waals surface area contributed by atoms with Crippen molar-refractivity contribution in [3.05, 3.63) is 12.2 Å². The van der Waals surface area contributed by atoms with Gasteiger partial charge in [-0.15, -0.1) is 0 Å². The summed E-state index contributed by atoms with van der Waals surface area (Å²) in [5.41, 5.74) is 4.58. The van der Waals surface area contributed by atoms with E-state index in [1.165, 1.54) is 6.21 Å². The van der Waals surface area contributed by atoms with Crippen LogP contribution in [0.5, 0.6) is 0 Å². The van der Waals surface area contributed by atoms with Crippen LogP contribution < -0.4 is 5.73 Å². The smallest absolute Gasteiger partial charge is 0.333 e. The van der Waals surface area contributed by atoms with E-state index in [4.69, 9.17) is 0 Å². The average Bonchev–Trinajstić information content (AvgIpc) is 1.80. The third kappa shape index (κ3) is 6.68. The first kappa shape index (κ1) is 7.68. The molecule has 4 nitrogen and oxygen atoms in total. The summed E-state index contributed by atoms with van der Waals surface area (Å²) in [5, 5.41) is 3.17. The topological polar surface area (TPSA) is 64.7 Å². The van der Waals surface area contributed by atoms with E-state index in [9.17, 15) is 4.79 Å². The van der Waals surface area contributed by atoms with Crippen molar-refractivity contribution in [1.82, 2.24) is 0 Å². The molecule has 0 saturated heterocycles. The zero-order chi connectivity index (χ0) is 7.11. The Bertz CT molecular complexity index is 140. The third-order valence-electron chi connectivity index (χ3n) is 0.482. The SMILES string of the molecule is CC=CC=NOC(N)=O. The minimum atomic E-state index is -0.907. The highest BCUT2D eigenvalue weighted by atomic mass is 16.7. The van der Waals surface area contributed by atoms with Crippen molar-refractivity contribution in [3.8, 4) is 0 Å². The zero-order valence-corrected chi connectivity index (χ0v) is 5.07.